The molecule has 2 heterocycles. The molecule has 5 nitrogen and oxygen atoms in total. The SMILES string of the molecule is Fc1ccccc1CCNc1cc(NCc2cccnc2)ncn1. The van der Waals surface area contributed by atoms with Crippen molar-refractivity contribution in [2.45, 2.75) is 13.0 Å². The summed E-state index contributed by atoms with van der Waals surface area (Å²) in [6.07, 6.45) is 5.64. The first-order valence-electron chi connectivity index (χ1n) is 7.73. The highest BCUT2D eigenvalue weighted by Crippen LogP contribution is 2.11. The summed E-state index contributed by atoms with van der Waals surface area (Å²) < 4.78 is 13.6. The van der Waals surface area contributed by atoms with E-state index in [0.29, 0.717) is 30.9 Å². The van der Waals surface area contributed by atoms with Crippen LogP contribution in [0.25, 0.3) is 0 Å². The predicted octanol–water partition coefficient (Wildman–Crippen LogP) is 3.28. The zero-order chi connectivity index (χ0) is 16.6. The van der Waals surface area contributed by atoms with Crippen molar-refractivity contribution in [2.75, 3.05) is 17.2 Å². The Labute approximate surface area is 140 Å². The molecule has 0 amide bonds. The summed E-state index contributed by atoms with van der Waals surface area (Å²) in [5.74, 6) is 1.25. The van der Waals surface area contributed by atoms with Gasteiger partial charge in [-0.1, -0.05) is 24.3 Å². The van der Waals surface area contributed by atoms with Crippen LogP contribution in [0, 0.1) is 5.82 Å². The monoisotopic (exact) mass is 323 g/mol. The summed E-state index contributed by atoms with van der Waals surface area (Å²) in [6.45, 7) is 1.24. The Morgan fingerprint density at radius 1 is 0.958 bits per heavy atom. The molecule has 3 rings (SSSR count). The van der Waals surface area contributed by atoms with E-state index >= 15 is 0 Å². The maximum atomic E-state index is 13.6. The third-order valence-electron chi connectivity index (χ3n) is 3.52. The molecule has 0 atom stereocenters. The molecule has 0 radical (unpaired) electrons. The maximum absolute atomic E-state index is 13.6. The lowest BCUT2D eigenvalue weighted by Crippen LogP contribution is -2.09. The van der Waals surface area contributed by atoms with E-state index in [-0.39, 0.29) is 5.82 Å². The minimum Gasteiger partial charge on any atom is -0.370 e. The van der Waals surface area contributed by atoms with Crippen LogP contribution in [0.5, 0.6) is 0 Å². The molecule has 0 unspecified atom stereocenters. The smallest absolute Gasteiger partial charge is 0.131 e. The number of hydrogen-bond acceptors (Lipinski definition) is 5. The maximum Gasteiger partial charge on any atom is 0.131 e. The number of rotatable bonds is 7. The molecule has 3 aromatic rings. The first kappa shape index (κ1) is 15.9. The van der Waals surface area contributed by atoms with Gasteiger partial charge in [0.25, 0.3) is 0 Å². The Morgan fingerprint density at radius 3 is 2.58 bits per heavy atom. The molecule has 24 heavy (non-hydrogen) atoms. The second-order valence-electron chi connectivity index (χ2n) is 5.27. The molecule has 0 spiro atoms. The molecule has 0 bridgehead atoms. The molecule has 122 valence electrons. The summed E-state index contributed by atoms with van der Waals surface area (Å²) in [7, 11) is 0. The van der Waals surface area contributed by atoms with E-state index in [1.807, 2.05) is 30.5 Å². The Hall–Kier alpha value is -3.02. The average molecular weight is 323 g/mol. The van der Waals surface area contributed by atoms with Crippen molar-refractivity contribution in [1.82, 2.24) is 15.0 Å². The summed E-state index contributed by atoms with van der Waals surface area (Å²) in [6, 6.07) is 12.5. The second-order valence-corrected chi connectivity index (χ2v) is 5.27. The Kier molecular flexibility index (Phi) is 5.29. The first-order valence-corrected chi connectivity index (χ1v) is 7.73. The van der Waals surface area contributed by atoms with Gasteiger partial charge in [0.05, 0.1) is 0 Å². The van der Waals surface area contributed by atoms with Gasteiger partial charge in [-0.3, -0.25) is 4.98 Å². The van der Waals surface area contributed by atoms with Crippen LogP contribution in [0.1, 0.15) is 11.1 Å². The Morgan fingerprint density at radius 2 is 1.79 bits per heavy atom. The van der Waals surface area contributed by atoms with Crippen molar-refractivity contribution >= 4 is 11.6 Å². The lowest BCUT2D eigenvalue weighted by Gasteiger charge is -2.09. The molecule has 0 saturated carbocycles. The highest BCUT2D eigenvalue weighted by Gasteiger charge is 2.02. The Bertz CT molecular complexity index is 779. The van der Waals surface area contributed by atoms with Crippen LogP contribution in [0.3, 0.4) is 0 Å². The standard InChI is InChI=1S/C18H18FN5/c19-16-6-2-1-5-15(16)7-9-21-17-10-18(24-13-23-17)22-12-14-4-3-8-20-11-14/h1-6,8,10-11,13H,7,9,12H2,(H2,21,22,23,24). The van der Waals surface area contributed by atoms with Crippen molar-refractivity contribution in [2.24, 2.45) is 0 Å². The number of anilines is 2. The molecule has 2 N–H and O–H groups in total. The molecular weight excluding hydrogens is 305 g/mol. The molecule has 0 aliphatic carbocycles. The second kappa shape index (κ2) is 8.01. The number of pyridine rings is 1. The minimum atomic E-state index is -0.180. The van der Waals surface area contributed by atoms with Gasteiger partial charge < -0.3 is 10.6 Å². The number of benzene rings is 1. The van der Waals surface area contributed by atoms with Gasteiger partial charge in [-0.25, -0.2) is 14.4 Å². The molecule has 0 aliphatic heterocycles. The highest BCUT2D eigenvalue weighted by molar-refractivity contribution is 5.46. The molecule has 1 aromatic carbocycles. The van der Waals surface area contributed by atoms with Crippen LogP contribution in [0.4, 0.5) is 16.0 Å². The average Bonchev–Trinajstić information content (AvgIpc) is 2.63. The lowest BCUT2D eigenvalue weighted by molar-refractivity contribution is 0.610. The van der Waals surface area contributed by atoms with Crippen LogP contribution in [0.2, 0.25) is 0 Å². The van der Waals surface area contributed by atoms with Gasteiger partial charge in [-0.05, 0) is 29.7 Å². The van der Waals surface area contributed by atoms with Gasteiger partial charge in [0.1, 0.15) is 23.8 Å². The fourth-order valence-electron chi connectivity index (χ4n) is 2.27. The van der Waals surface area contributed by atoms with Crippen LogP contribution < -0.4 is 10.6 Å². The van der Waals surface area contributed by atoms with Crippen LogP contribution in [-0.2, 0) is 13.0 Å². The quantitative estimate of drug-likeness (QED) is 0.699. The molecule has 0 aliphatic rings. The van der Waals surface area contributed by atoms with Crippen LogP contribution in [-0.4, -0.2) is 21.5 Å². The van der Waals surface area contributed by atoms with Gasteiger partial charge in [0.15, 0.2) is 0 Å². The summed E-state index contributed by atoms with van der Waals surface area (Å²) in [5, 5.41) is 6.42. The third-order valence-corrected chi connectivity index (χ3v) is 3.52. The van der Waals surface area contributed by atoms with E-state index < -0.39 is 0 Å². The molecule has 0 fully saturated rings. The first-order chi connectivity index (χ1) is 11.8. The minimum absolute atomic E-state index is 0.180. The fourth-order valence-corrected chi connectivity index (χ4v) is 2.27. The molecule has 2 aromatic heterocycles. The number of nitrogens with one attached hydrogen (secondary N) is 2. The fraction of sp³-hybridized carbons (Fsp3) is 0.167. The van der Waals surface area contributed by atoms with E-state index in [2.05, 4.69) is 25.6 Å². The third kappa shape index (κ3) is 4.49. The number of hydrogen-bond donors (Lipinski definition) is 2. The van der Waals surface area contributed by atoms with E-state index in [9.17, 15) is 4.39 Å². The normalized spacial score (nSPS) is 10.4. The number of aromatic nitrogens is 3. The van der Waals surface area contributed by atoms with Crippen molar-refractivity contribution in [1.29, 1.82) is 0 Å². The lowest BCUT2D eigenvalue weighted by atomic mass is 10.1. The van der Waals surface area contributed by atoms with Crippen molar-refractivity contribution in [3.63, 3.8) is 0 Å². The number of halogens is 1. The van der Waals surface area contributed by atoms with Crippen molar-refractivity contribution < 1.29 is 4.39 Å². The summed E-state index contributed by atoms with van der Waals surface area (Å²) >= 11 is 0. The topological polar surface area (TPSA) is 62.7 Å². The highest BCUT2D eigenvalue weighted by atomic mass is 19.1. The van der Waals surface area contributed by atoms with Crippen molar-refractivity contribution in [3.8, 4) is 0 Å². The molecule has 0 saturated heterocycles. The predicted molar refractivity (Wildman–Crippen MR) is 92.2 cm³/mol. The van der Waals surface area contributed by atoms with Gasteiger partial charge >= 0.3 is 0 Å². The van der Waals surface area contributed by atoms with Gasteiger partial charge in [0.2, 0.25) is 0 Å². The van der Waals surface area contributed by atoms with Crippen LogP contribution >= 0.6 is 0 Å². The molecule has 6 heteroatoms. The van der Waals surface area contributed by atoms with E-state index in [1.165, 1.54) is 12.4 Å². The van der Waals surface area contributed by atoms with Gasteiger partial charge in [0, 0.05) is 31.5 Å². The largest absolute Gasteiger partial charge is 0.370 e. The van der Waals surface area contributed by atoms with Gasteiger partial charge in [-0.2, -0.15) is 0 Å². The van der Waals surface area contributed by atoms with E-state index in [1.54, 1.807) is 18.3 Å². The zero-order valence-corrected chi connectivity index (χ0v) is 13.1. The van der Waals surface area contributed by atoms with Gasteiger partial charge in [-0.15, -0.1) is 0 Å². The zero-order valence-electron chi connectivity index (χ0n) is 13.1. The number of nitrogens with zero attached hydrogens (tertiary/aromatic N) is 3. The van der Waals surface area contributed by atoms with E-state index in [4.69, 9.17) is 0 Å². The van der Waals surface area contributed by atoms with Crippen molar-refractivity contribution in [3.05, 3.63) is 78.1 Å². The Balaban J connectivity index is 1.52. The molecular formula is C18H18FN5. The summed E-state index contributed by atoms with van der Waals surface area (Å²) in [5.41, 5.74) is 1.76. The van der Waals surface area contributed by atoms with Crippen LogP contribution in [0.15, 0.2) is 61.2 Å². The van der Waals surface area contributed by atoms with E-state index in [0.717, 1.165) is 11.4 Å². The summed E-state index contributed by atoms with van der Waals surface area (Å²) in [4.78, 5) is 12.4.